The van der Waals surface area contributed by atoms with Gasteiger partial charge in [0.05, 0.1) is 16.6 Å². The lowest BCUT2D eigenvalue weighted by Gasteiger charge is -2.18. The molecule has 13 aromatic rings. The largest absolute Gasteiger partial charge is 0.255 e. The van der Waals surface area contributed by atoms with Gasteiger partial charge in [-0.25, -0.2) is 0 Å². The Morgan fingerprint density at radius 2 is 0.448 bits per heavy atom. The molecule has 0 atom stereocenters. The van der Waals surface area contributed by atoms with Crippen LogP contribution in [0.4, 0.5) is 0 Å². The molecule has 3 heterocycles. The summed E-state index contributed by atoms with van der Waals surface area (Å²) in [7, 11) is 0. The Morgan fingerprint density at radius 1 is 0.209 bits per heavy atom. The lowest BCUT2D eigenvalue weighted by atomic mass is 9.86. The van der Waals surface area contributed by atoms with Crippen LogP contribution in [0.15, 0.2) is 237 Å². The molecule has 0 aliphatic rings. The Morgan fingerprint density at radius 3 is 0.746 bits per heavy atom. The van der Waals surface area contributed by atoms with Crippen molar-refractivity contribution in [2.24, 2.45) is 0 Å². The normalized spacial score (nSPS) is 11.5. The van der Waals surface area contributed by atoms with Gasteiger partial charge in [-0.1, -0.05) is 189 Å². The highest BCUT2D eigenvalue weighted by Gasteiger charge is 2.18. The van der Waals surface area contributed by atoms with Crippen LogP contribution < -0.4 is 0 Å². The molecule has 314 valence electrons. The molecule has 3 aromatic heterocycles. The summed E-state index contributed by atoms with van der Waals surface area (Å²) < 4.78 is 0. The third-order valence-electron chi connectivity index (χ3n) is 13.3. The Balaban J connectivity index is 0.00000468. The van der Waals surface area contributed by atoms with Gasteiger partial charge in [0.1, 0.15) is 0 Å². The van der Waals surface area contributed by atoms with Gasteiger partial charge < -0.3 is 0 Å². The molecule has 0 radical (unpaired) electrons. The van der Waals surface area contributed by atoms with Gasteiger partial charge in [-0.3, -0.25) is 15.0 Å². The first-order valence-electron chi connectivity index (χ1n) is 22.5. The molecule has 3 heteroatoms. The minimum atomic E-state index is 0. The summed E-state index contributed by atoms with van der Waals surface area (Å²) in [6.45, 7) is 0. The molecule has 0 amide bonds. The van der Waals surface area contributed by atoms with E-state index in [1.165, 1.54) is 16.2 Å². The number of hydrogen-bond acceptors (Lipinski definition) is 3. The summed E-state index contributed by atoms with van der Waals surface area (Å²) >= 11 is 0. The molecular formula is C64H43N3. The molecule has 0 aliphatic carbocycles. The molecule has 0 fully saturated rings. The summed E-state index contributed by atoms with van der Waals surface area (Å²) in [4.78, 5) is 15.3. The maximum absolute atomic E-state index is 5.11. The predicted molar refractivity (Wildman–Crippen MR) is 284 cm³/mol. The number of pyridine rings is 3. The maximum Gasteiger partial charge on any atom is 0.0780 e. The number of rotatable bonds is 6. The van der Waals surface area contributed by atoms with E-state index < -0.39 is 0 Å². The van der Waals surface area contributed by atoms with E-state index in [1.54, 1.807) is 0 Å². The predicted octanol–water partition coefficient (Wildman–Crippen LogP) is 17.4. The van der Waals surface area contributed by atoms with E-state index in [-0.39, 0.29) is 7.43 Å². The van der Waals surface area contributed by atoms with Crippen LogP contribution >= 0.6 is 0 Å². The van der Waals surface area contributed by atoms with Crippen LogP contribution in [-0.4, -0.2) is 15.0 Å². The molecule has 13 rings (SSSR count). The molecule has 0 unspecified atom stereocenters. The number of fused-ring (bicyclic) bond motifs is 9. The third kappa shape index (κ3) is 6.88. The molecule has 0 saturated carbocycles. The van der Waals surface area contributed by atoms with Crippen molar-refractivity contribution in [1.29, 1.82) is 0 Å². The number of aromatic nitrogens is 3. The smallest absolute Gasteiger partial charge is 0.0780 e. The van der Waals surface area contributed by atoms with Gasteiger partial charge in [-0.05, 0) is 103 Å². The Kier molecular flexibility index (Phi) is 9.69. The van der Waals surface area contributed by atoms with E-state index in [0.717, 1.165) is 116 Å². The summed E-state index contributed by atoms with van der Waals surface area (Å²) in [5, 5.41) is 10.4. The van der Waals surface area contributed by atoms with E-state index in [2.05, 4.69) is 218 Å². The van der Waals surface area contributed by atoms with Crippen molar-refractivity contribution < 1.29 is 0 Å². The van der Waals surface area contributed by atoms with E-state index in [1.807, 2.05) is 18.6 Å². The van der Waals surface area contributed by atoms with E-state index in [9.17, 15) is 0 Å². The summed E-state index contributed by atoms with van der Waals surface area (Å²) in [5.74, 6) is 0. The van der Waals surface area contributed by atoms with Crippen molar-refractivity contribution >= 4 is 65.0 Å². The lowest BCUT2D eigenvalue weighted by molar-refractivity contribution is 1.42. The average molecular weight is 854 g/mol. The van der Waals surface area contributed by atoms with Crippen molar-refractivity contribution in [2.45, 2.75) is 7.43 Å². The number of benzene rings is 10. The topological polar surface area (TPSA) is 38.7 Å². The zero-order valence-corrected chi connectivity index (χ0v) is 35.9. The first-order chi connectivity index (χ1) is 32.7. The molecule has 0 bridgehead atoms. The van der Waals surface area contributed by atoms with Crippen LogP contribution in [0.25, 0.3) is 132 Å². The van der Waals surface area contributed by atoms with Crippen LogP contribution in [-0.2, 0) is 0 Å². The molecule has 0 spiro atoms. The first kappa shape index (κ1) is 39.8. The second kappa shape index (κ2) is 16.3. The van der Waals surface area contributed by atoms with Gasteiger partial charge in [0.2, 0.25) is 0 Å². The SMILES string of the molecule is C.c1ccc(-c2cnc3c(ccc4ccccc43)c2)c(-c2cc(-c3ccccc3-c3cnc4c(ccc5ccccc54)c3)cc(-c3ccccc3-c3cnc4c(ccc5ccccc54)c3)c2)c1. The van der Waals surface area contributed by atoms with E-state index in [4.69, 9.17) is 15.0 Å². The summed E-state index contributed by atoms with van der Waals surface area (Å²) in [6, 6.07) is 78.8. The van der Waals surface area contributed by atoms with Crippen molar-refractivity contribution in [3.63, 3.8) is 0 Å². The van der Waals surface area contributed by atoms with E-state index in [0.29, 0.717) is 0 Å². The third-order valence-corrected chi connectivity index (χ3v) is 13.3. The van der Waals surface area contributed by atoms with Crippen LogP contribution in [0.1, 0.15) is 7.43 Å². The minimum Gasteiger partial charge on any atom is -0.255 e. The molecule has 67 heavy (non-hydrogen) atoms. The van der Waals surface area contributed by atoms with Gasteiger partial charge in [0.15, 0.2) is 0 Å². The minimum absolute atomic E-state index is 0. The van der Waals surface area contributed by atoms with Gasteiger partial charge in [0.25, 0.3) is 0 Å². The van der Waals surface area contributed by atoms with Crippen LogP contribution in [0.5, 0.6) is 0 Å². The molecular weight excluding hydrogens is 811 g/mol. The molecule has 10 aromatic carbocycles. The van der Waals surface area contributed by atoms with Crippen molar-refractivity contribution in [3.8, 4) is 66.8 Å². The fourth-order valence-corrected chi connectivity index (χ4v) is 10.1. The van der Waals surface area contributed by atoms with E-state index >= 15 is 0 Å². The van der Waals surface area contributed by atoms with Crippen LogP contribution in [0, 0.1) is 0 Å². The average Bonchev–Trinajstić information content (AvgIpc) is 3.40. The maximum atomic E-state index is 5.11. The highest BCUT2D eigenvalue weighted by Crippen LogP contribution is 2.43. The zero-order chi connectivity index (χ0) is 43.6. The highest BCUT2D eigenvalue weighted by molar-refractivity contribution is 6.09. The Hall–Kier alpha value is -8.79. The molecule has 3 nitrogen and oxygen atoms in total. The quantitative estimate of drug-likeness (QED) is 0.156. The van der Waals surface area contributed by atoms with Crippen LogP contribution in [0.2, 0.25) is 0 Å². The lowest BCUT2D eigenvalue weighted by Crippen LogP contribution is -1.93. The van der Waals surface area contributed by atoms with Gasteiger partial charge in [0, 0.05) is 67.6 Å². The molecule has 0 saturated heterocycles. The van der Waals surface area contributed by atoms with Gasteiger partial charge in [-0.15, -0.1) is 0 Å². The molecule has 0 N–H and O–H groups in total. The second-order valence-electron chi connectivity index (χ2n) is 17.2. The van der Waals surface area contributed by atoms with Crippen LogP contribution in [0.3, 0.4) is 0 Å². The summed E-state index contributed by atoms with van der Waals surface area (Å²) in [6.07, 6.45) is 6.11. The number of nitrogens with zero attached hydrogens (tertiary/aromatic N) is 3. The number of hydrogen-bond donors (Lipinski definition) is 0. The Labute approximate surface area is 389 Å². The zero-order valence-electron chi connectivity index (χ0n) is 35.9. The van der Waals surface area contributed by atoms with Gasteiger partial charge >= 0.3 is 0 Å². The monoisotopic (exact) mass is 853 g/mol. The fraction of sp³-hybridized carbons (Fsp3) is 0.0156. The van der Waals surface area contributed by atoms with Gasteiger partial charge in [-0.2, -0.15) is 0 Å². The molecule has 0 aliphatic heterocycles. The highest BCUT2D eigenvalue weighted by atomic mass is 14.7. The van der Waals surface area contributed by atoms with Crippen molar-refractivity contribution in [3.05, 3.63) is 237 Å². The fourth-order valence-electron chi connectivity index (χ4n) is 10.1. The van der Waals surface area contributed by atoms with Crippen molar-refractivity contribution in [1.82, 2.24) is 15.0 Å². The standard InChI is InChI=1S/C63H39N3.CH4/c1-4-22-58-40(13-1)25-28-43-31-49(37-64-61(43)58)55-19-10-7-16-52(55)46-34-47(53-17-8-11-20-56(53)50-32-44-29-26-41-14-2-5-23-59(41)62(44)65-38-50)36-48(35-46)54-18-9-12-21-57(54)51-33-45-30-27-42-15-3-6-24-60(42)63(45)66-39-51;/h1-39H;1H4. The second-order valence-corrected chi connectivity index (χ2v) is 17.2. The first-order valence-corrected chi connectivity index (χ1v) is 22.5. The Bertz CT molecular complexity index is 3640. The summed E-state index contributed by atoms with van der Waals surface area (Å²) in [5.41, 5.74) is 16.4. The van der Waals surface area contributed by atoms with Crippen molar-refractivity contribution in [2.75, 3.05) is 0 Å².